The highest BCUT2D eigenvalue weighted by atomic mass is 31.2. The Labute approximate surface area is 213 Å². The van der Waals surface area contributed by atoms with Crippen molar-refractivity contribution < 1.29 is 33.1 Å². The van der Waals surface area contributed by atoms with Crippen LogP contribution in [-0.4, -0.2) is 53.3 Å². The van der Waals surface area contributed by atoms with Gasteiger partial charge in [0.25, 0.3) is 0 Å². The molecule has 37 heavy (non-hydrogen) atoms. The first kappa shape index (κ1) is 24.9. The number of imidazole rings is 1. The maximum atomic E-state index is 14.1. The molecule has 1 saturated carbocycles. The van der Waals surface area contributed by atoms with E-state index < -0.39 is 43.8 Å². The molecule has 4 N–H and O–H groups in total. The number of fused-ring (bicyclic) bond motifs is 1. The number of ether oxygens (including phenoxy) is 1. The van der Waals surface area contributed by atoms with Crippen LogP contribution in [0.1, 0.15) is 63.3 Å². The SMILES string of the molecule is C[C@@]1(O)[C@H](O)C(O[P@@]2(=O)O[C@@H](c3ccccc3)CC3(CCCCC3)O2)O[C@H]1n1cnc2c(N)ncnc21. The number of hydrogen-bond donors (Lipinski definition) is 3. The molecule has 2 aromatic heterocycles. The zero-order valence-corrected chi connectivity index (χ0v) is 21.2. The second-order valence-corrected chi connectivity index (χ2v) is 11.7. The Kier molecular flexibility index (Phi) is 6.11. The van der Waals surface area contributed by atoms with E-state index in [0.29, 0.717) is 17.6 Å². The van der Waals surface area contributed by atoms with Crippen LogP contribution < -0.4 is 5.73 Å². The smallest absolute Gasteiger partial charge is 0.385 e. The van der Waals surface area contributed by atoms with Gasteiger partial charge in [-0.1, -0.05) is 49.6 Å². The van der Waals surface area contributed by atoms with Crippen molar-refractivity contribution in [1.29, 1.82) is 0 Å². The van der Waals surface area contributed by atoms with Crippen LogP contribution in [0, 0.1) is 0 Å². The maximum absolute atomic E-state index is 14.1. The van der Waals surface area contributed by atoms with Gasteiger partial charge >= 0.3 is 7.82 Å². The van der Waals surface area contributed by atoms with E-state index in [9.17, 15) is 14.8 Å². The van der Waals surface area contributed by atoms with Crippen LogP contribution in [0.5, 0.6) is 0 Å². The second-order valence-electron chi connectivity index (χ2n) is 10.2. The first-order valence-corrected chi connectivity index (χ1v) is 13.9. The Balaban J connectivity index is 1.30. The van der Waals surface area contributed by atoms with Crippen molar-refractivity contribution in [2.24, 2.45) is 0 Å². The minimum atomic E-state index is -4.24. The Hall–Kier alpha value is -2.44. The summed E-state index contributed by atoms with van der Waals surface area (Å²) in [5, 5.41) is 22.2. The summed E-state index contributed by atoms with van der Waals surface area (Å²) in [5.74, 6) is 0.160. The molecular weight excluding hydrogens is 501 g/mol. The van der Waals surface area contributed by atoms with Crippen LogP contribution in [0.15, 0.2) is 43.0 Å². The van der Waals surface area contributed by atoms with Crippen molar-refractivity contribution >= 4 is 24.8 Å². The number of benzene rings is 1. The number of phosphoric ester groups is 1. The number of aliphatic hydroxyl groups is 2. The molecule has 0 bridgehead atoms. The number of anilines is 1. The maximum Gasteiger partial charge on any atom is 0.478 e. The van der Waals surface area contributed by atoms with Gasteiger partial charge < -0.3 is 20.7 Å². The summed E-state index contributed by atoms with van der Waals surface area (Å²) >= 11 is 0. The molecule has 1 aliphatic carbocycles. The van der Waals surface area contributed by atoms with Gasteiger partial charge in [0.05, 0.1) is 18.0 Å². The Bertz CT molecular complexity index is 1330. The van der Waals surface area contributed by atoms with E-state index in [0.717, 1.165) is 37.7 Å². The van der Waals surface area contributed by atoms with Crippen molar-refractivity contribution in [2.75, 3.05) is 5.73 Å². The van der Waals surface area contributed by atoms with E-state index >= 15 is 0 Å². The monoisotopic (exact) mass is 531 g/mol. The normalized spacial score (nSPS) is 35.8. The van der Waals surface area contributed by atoms with E-state index in [1.54, 1.807) is 0 Å². The van der Waals surface area contributed by atoms with Gasteiger partial charge in [0.2, 0.25) is 6.29 Å². The highest BCUT2D eigenvalue weighted by Gasteiger charge is 2.59. The molecule has 3 fully saturated rings. The molecule has 0 amide bonds. The lowest BCUT2D eigenvalue weighted by Gasteiger charge is -2.45. The third-order valence-corrected chi connectivity index (χ3v) is 9.14. The second kappa shape index (κ2) is 9.09. The Morgan fingerprint density at radius 2 is 1.92 bits per heavy atom. The summed E-state index contributed by atoms with van der Waals surface area (Å²) < 4.78 is 39.3. The fourth-order valence-electron chi connectivity index (χ4n) is 5.57. The molecule has 3 aliphatic rings. The van der Waals surface area contributed by atoms with Crippen LogP contribution in [0.25, 0.3) is 11.2 Å². The summed E-state index contributed by atoms with van der Waals surface area (Å²) in [6.07, 6.45) is 2.79. The summed E-state index contributed by atoms with van der Waals surface area (Å²) in [6, 6.07) is 9.51. The molecule has 1 spiro atoms. The van der Waals surface area contributed by atoms with E-state index in [2.05, 4.69) is 15.0 Å². The van der Waals surface area contributed by atoms with Crippen LogP contribution in [-0.2, 0) is 22.9 Å². The van der Waals surface area contributed by atoms with Crippen molar-refractivity contribution in [3.05, 3.63) is 48.5 Å². The minimum absolute atomic E-state index is 0.160. The van der Waals surface area contributed by atoms with E-state index in [-0.39, 0.29) is 5.82 Å². The lowest BCUT2D eigenvalue weighted by molar-refractivity contribution is -0.163. The van der Waals surface area contributed by atoms with Gasteiger partial charge in [-0.25, -0.2) is 19.5 Å². The number of aromatic nitrogens is 4. The van der Waals surface area contributed by atoms with Crippen molar-refractivity contribution in [1.82, 2.24) is 19.5 Å². The van der Waals surface area contributed by atoms with Crippen LogP contribution in [0.2, 0.25) is 0 Å². The molecular formula is C24H30N5O7P. The molecule has 1 aromatic carbocycles. The molecule has 198 valence electrons. The van der Waals surface area contributed by atoms with Gasteiger partial charge in [0, 0.05) is 6.42 Å². The summed E-state index contributed by atoms with van der Waals surface area (Å²) in [4.78, 5) is 12.3. The van der Waals surface area contributed by atoms with Gasteiger partial charge in [-0.15, -0.1) is 0 Å². The number of aliphatic hydroxyl groups excluding tert-OH is 1. The predicted octanol–water partition coefficient (Wildman–Crippen LogP) is 3.38. The van der Waals surface area contributed by atoms with Crippen LogP contribution >= 0.6 is 7.82 Å². The zero-order chi connectivity index (χ0) is 25.8. The standard InChI is InChI=1S/C24H30N5O7P/c1-23(31)18(30)21(33-22(23)29-14-28-17-19(25)26-13-27-20(17)29)35-37(32)34-16(15-8-4-2-5-9-15)12-24(36-37)10-6-3-7-11-24/h2,4-5,8-9,13-14,16,18,21-22,30-31H,3,6-7,10-12H2,1H3,(H2,25,26,27)/t16-,18-,21?,22-,23-,37-/m1/s1. The third-order valence-electron chi connectivity index (χ3n) is 7.55. The first-order valence-electron chi connectivity index (χ1n) is 12.4. The van der Waals surface area contributed by atoms with Crippen molar-refractivity contribution in [2.45, 2.75) is 81.4 Å². The van der Waals surface area contributed by atoms with Crippen molar-refractivity contribution in [3.63, 3.8) is 0 Å². The van der Waals surface area contributed by atoms with Gasteiger partial charge in [0.1, 0.15) is 23.5 Å². The molecule has 12 nitrogen and oxygen atoms in total. The van der Waals surface area contributed by atoms with E-state index in [1.165, 1.54) is 24.1 Å². The van der Waals surface area contributed by atoms with Gasteiger partial charge in [-0.3, -0.25) is 18.1 Å². The average Bonchev–Trinajstić information content (AvgIpc) is 3.39. The third kappa shape index (κ3) is 4.36. The fourth-order valence-corrected chi connectivity index (χ4v) is 7.37. The Morgan fingerprint density at radius 3 is 2.68 bits per heavy atom. The summed E-state index contributed by atoms with van der Waals surface area (Å²) in [6.45, 7) is 1.38. The lowest BCUT2D eigenvalue weighted by Crippen LogP contribution is -2.44. The number of nitrogen functional groups attached to an aromatic ring is 1. The van der Waals surface area contributed by atoms with Crippen LogP contribution in [0.4, 0.5) is 5.82 Å². The molecule has 6 rings (SSSR count). The zero-order valence-electron chi connectivity index (χ0n) is 20.3. The largest absolute Gasteiger partial charge is 0.478 e. The summed E-state index contributed by atoms with van der Waals surface area (Å²) in [5.41, 5.74) is 4.82. The first-order chi connectivity index (χ1) is 17.7. The molecule has 3 aromatic rings. The van der Waals surface area contributed by atoms with E-state index in [4.69, 9.17) is 24.0 Å². The molecule has 2 saturated heterocycles. The molecule has 2 aliphatic heterocycles. The minimum Gasteiger partial charge on any atom is -0.385 e. The lowest BCUT2D eigenvalue weighted by atomic mass is 9.80. The number of hydrogen-bond acceptors (Lipinski definition) is 11. The molecule has 1 unspecified atom stereocenters. The number of rotatable bonds is 4. The van der Waals surface area contributed by atoms with Crippen LogP contribution in [0.3, 0.4) is 0 Å². The highest BCUT2D eigenvalue weighted by molar-refractivity contribution is 7.48. The van der Waals surface area contributed by atoms with Gasteiger partial charge in [0.15, 0.2) is 17.7 Å². The molecule has 13 heteroatoms. The molecule has 4 heterocycles. The highest BCUT2D eigenvalue weighted by Crippen LogP contribution is 2.65. The molecule has 0 radical (unpaired) electrons. The van der Waals surface area contributed by atoms with Gasteiger partial charge in [-0.05, 0) is 25.3 Å². The number of nitrogens with two attached hydrogens (primary N) is 1. The average molecular weight is 532 g/mol. The molecule has 6 atom stereocenters. The number of nitrogens with zero attached hydrogens (tertiary/aromatic N) is 4. The quantitative estimate of drug-likeness (QED) is 0.423. The van der Waals surface area contributed by atoms with Crippen molar-refractivity contribution in [3.8, 4) is 0 Å². The predicted molar refractivity (Wildman–Crippen MR) is 131 cm³/mol. The Morgan fingerprint density at radius 1 is 1.16 bits per heavy atom. The van der Waals surface area contributed by atoms with E-state index in [1.807, 2.05) is 30.3 Å². The number of phosphoric acid groups is 1. The summed E-state index contributed by atoms with van der Waals surface area (Å²) in [7, 11) is -4.24. The fraction of sp³-hybridized carbons (Fsp3) is 0.542. The van der Waals surface area contributed by atoms with Gasteiger partial charge in [-0.2, -0.15) is 0 Å². The topological polar surface area (TPSA) is 164 Å².